The molecule has 2 amide bonds. The van der Waals surface area contributed by atoms with Crippen LogP contribution in [0.1, 0.15) is 6.92 Å². The number of carbonyl (C=O) groups excluding carboxylic acids is 1. The molecule has 0 aromatic carbocycles. The molecule has 1 aromatic heterocycles. The second-order valence-corrected chi connectivity index (χ2v) is 3.94. The van der Waals surface area contributed by atoms with E-state index in [0.29, 0.717) is 0 Å². The predicted molar refractivity (Wildman–Crippen MR) is 62.6 cm³/mol. The Balaban J connectivity index is 2.57. The van der Waals surface area contributed by atoms with Gasteiger partial charge in [0.1, 0.15) is 5.82 Å². The molecule has 98 valence electrons. The summed E-state index contributed by atoms with van der Waals surface area (Å²) < 4.78 is 12.8. The Morgan fingerprint density at radius 3 is 2.78 bits per heavy atom. The fraction of sp³-hybridized carbons (Fsp3) is 0.364. The fourth-order valence-corrected chi connectivity index (χ4v) is 1.27. The van der Waals surface area contributed by atoms with Crippen LogP contribution in [0.3, 0.4) is 0 Å². The van der Waals surface area contributed by atoms with Crippen LogP contribution in [0, 0.1) is 11.7 Å². The lowest BCUT2D eigenvalue weighted by Crippen LogP contribution is -2.36. The zero-order valence-electron chi connectivity index (χ0n) is 10.1. The average molecular weight is 255 g/mol. The number of halogens is 1. The Kier molecular flexibility index (Phi) is 4.59. The number of nitrogens with zero attached hydrogens (tertiary/aromatic N) is 2. The lowest BCUT2D eigenvalue weighted by molar-refractivity contribution is -0.141. The molecule has 2 N–H and O–H groups in total. The van der Waals surface area contributed by atoms with Crippen molar-refractivity contribution in [3.63, 3.8) is 0 Å². The predicted octanol–water partition coefficient (Wildman–Crippen LogP) is 1.41. The van der Waals surface area contributed by atoms with Gasteiger partial charge in [-0.15, -0.1) is 0 Å². The molecule has 0 bridgehead atoms. The lowest BCUT2D eigenvalue weighted by atomic mass is 10.2. The quantitative estimate of drug-likeness (QED) is 0.852. The van der Waals surface area contributed by atoms with E-state index < -0.39 is 23.7 Å². The van der Waals surface area contributed by atoms with Crippen LogP contribution in [0.4, 0.5) is 14.9 Å². The van der Waals surface area contributed by atoms with E-state index in [-0.39, 0.29) is 12.2 Å². The van der Waals surface area contributed by atoms with Crippen LogP contribution in [0.2, 0.25) is 0 Å². The number of hydrogen-bond acceptors (Lipinski definition) is 3. The summed E-state index contributed by atoms with van der Waals surface area (Å²) in [6, 6.07) is 0.606. The summed E-state index contributed by atoms with van der Waals surface area (Å²) in [5.41, 5.74) is 0.217. The first-order valence-corrected chi connectivity index (χ1v) is 5.25. The first-order chi connectivity index (χ1) is 8.40. The monoisotopic (exact) mass is 255 g/mol. The topological polar surface area (TPSA) is 82.5 Å². The Bertz CT molecular complexity index is 453. The van der Waals surface area contributed by atoms with Crippen LogP contribution in [0.15, 0.2) is 18.5 Å². The zero-order chi connectivity index (χ0) is 13.7. The van der Waals surface area contributed by atoms with E-state index in [1.165, 1.54) is 25.1 Å². The second-order valence-electron chi connectivity index (χ2n) is 3.94. The first-order valence-electron chi connectivity index (χ1n) is 5.25. The molecule has 0 radical (unpaired) electrons. The van der Waals surface area contributed by atoms with E-state index in [2.05, 4.69) is 10.3 Å². The van der Waals surface area contributed by atoms with Gasteiger partial charge in [0.2, 0.25) is 0 Å². The maximum Gasteiger partial charge on any atom is 0.321 e. The Morgan fingerprint density at radius 2 is 2.22 bits per heavy atom. The van der Waals surface area contributed by atoms with Gasteiger partial charge in [-0.2, -0.15) is 0 Å². The molecule has 7 heteroatoms. The van der Waals surface area contributed by atoms with Gasteiger partial charge < -0.3 is 15.3 Å². The van der Waals surface area contributed by atoms with Crippen LogP contribution in [-0.4, -0.2) is 40.6 Å². The third kappa shape index (κ3) is 4.00. The van der Waals surface area contributed by atoms with Gasteiger partial charge in [-0.25, -0.2) is 9.18 Å². The normalized spacial score (nSPS) is 11.7. The second kappa shape index (κ2) is 5.95. The summed E-state index contributed by atoms with van der Waals surface area (Å²) in [6.45, 7) is 1.56. The number of anilines is 1. The van der Waals surface area contributed by atoms with Crippen molar-refractivity contribution in [2.24, 2.45) is 5.92 Å². The Labute approximate surface area is 103 Å². The van der Waals surface area contributed by atoms with Crippen molar-refractivity contribution in [3.05, 3.63) is 24.3 Å². The van der Waals surface area contributed by atoms with Crippen LogP contribution in [0.25, 0.3) is 0 Å². The number of urea groups is 1. The van der Waals surface area contributed by atoms with Gasteiger partial charge in [0, 0.05) is 19.7 Å². The van der Waals surface area contributed by atoms with Gasteiger partial charge in [0.15, 0.2) is 0 Å². The van der Waals surface area contributed by atoms with Crippen molar-refractivity contribution in [2.75, 3.05) is 18.9 Å². The average Bonchev–Trinajstić information content (AvgIpc) is 2.28. The number of aromatic nitrogens is 1. The van der Waals surface area contributed by atoms with Crippen molar-refractivity contribution in [1.82, 2.24) is 9.88 Å². The highest BCUT2D eigenvalue weighted by atomic mass is 19.1. The highest BCUT2D eigenvalue weighted by molar-refractivity contribution is 5.89. The molecule has 18 heavy (non-hydrogen) atoms. The molecule has 0 fully saturated rings. The Hall–Kier alpha value is -2.18. The van der Waals surface area contributed by atoms with E-state index >= 15 is 0 Å². The molecule has 1 heterocycles. The zero-order valence-corrected chi connectivity index (χ0v) is 10.1. The number of nitrogens with one attached hydrogen (secondary N) is 1. The van der Waals surface area contributed by atoms with E-state index in [1.807, 2.05) is 0 Å². The molecule has 0 aliphatic carbocycles. The lowest BCUT2D eigenvalue weighted by Gasteiger charge is -2.19. The molecule has 1 unspecified atom stereocenters. The fourth-order valence-electron chi connectivity index (χ4n) is 1.27. The van der Waals surface area contributed by atoms with E-state index in [4.69, 9.17) is 5.11 Å². The molecular formula is C11H14FN3O3. The molecule has 0 aliphatic heterocycles. The maximum absolute atomic E-state index is 12.8. The van der Waals surface area contributed by atoms with Gasteiger partial charge >= 0.3 is 12.0 Å². The van der Waals surface area contributed by atoms with Crippen molar-refractivity contribution < 1.29 is 19.1 Å². The standard InChI is InChI=1S/C11H14FN3O3/c1-7(10(16)17)6-15(2)11(18)14-9-3-8(12)4-13-5-9/h3-5,7H,6H2,1-2H3,(H,14,18)(H,16,17). The SMILES string of the molecule is CC(CN(C)C(=O)Nc1cncc(F)c1)C(=O)O. The molecule has 0 spiro atoms. The third-order valence-electron chi connectivity index (χ3n) is 2.27. The molecule has 0 aliphatic rings. The number of rotatable bonds is 4. The number of aliphatic carboxylic acids is 1. The van der Waals surface area contributed by atoms with Gasteiger partial charge in [0.25, 0.3) is 0 Å². The van der Waals surface area contributed by atoms with Gasteiger partial charge in [-0.3, -0.25) is 9.78 Å². The highest BCUT2D eigenvalue weighted by Crippen LogP contribution is 2.08. The molecule has 0 saturated carbocycles. The number of carbonyl (C=O) groups is 2. The highest BCUT2D eigenvalue weighted by Gasteiger charge is 2.17. The van der Waals surface area contributed by atoms with Crippen molar-refractivity contribution in [3.8, 4) is 0 Å². The summed E-state index contributed by atoms with van der Waals surface area (Å²) in [5, 5.41) is 11.1. The minimum Gasteiger partial charge on any atom is -0.481 e. The summed E-state index contributed by atoms with van der Waals surface area (Å²) in [6.07, 6.45) is 2.32. The van der Waals surface area contributed by atoms with Crippen LogP contribution in [-0.2, 0) is 4.79 Å². The van der Waals surface area contributed by atoms with Crippen molar-refractivity contribution in [2.45, 2.75) is 6.92 Å². The van der Waals surface area contributed by atoms with Crippen LogP contribution in [0.5, 0.6) is 0 Å². The summed E-state index contributed by atoms with van der Waals surface area (Å²) in [4.78, 5) is 27.1. The van der Waals surface area contributed by atoms with E-state index in [1.54, 1.807) is 0 Å². The summed E-state index contributed by atoms with van der Waals surface area (Å²) in [7, 11) is 1.46. The van der Waals surface area contributed by atoms with Crippen molar-refractivity contribution >= 4 is 17.7 Å². The molecule has 1 atom stereocenters. The van der Waals surface area contributed by atoms with Gasteiger partial charge in [-0.1, -0.05) is 6.92 Å². The molecule has 6 nitrogen and oxygen atoms in total. The largest absolute Gasteiger partial charge is 0.481 e. The molecular weight excluding hydrogens is 241 g/mol. The van der Waals surface area contributed by atoms with Crippen molar-refractivity contribution in [1.29, 1.82) is 0 Å². The summed E-state index contributed by atoms with van der Waals surface area (Å²) >= 11 is 0. The summed E-state index contributed by atoms with van der Waals surface area (Å²) in [5.74, 6) is -2.22. The van der Waals surface area contributed by atoms with Gasteiger partial charge in [0.05, 0.1) is 24.0 Å². The number of pyridine rings is 1. The minimum absolute atomic E-state index is 0.0594. The molecule has 0 saturated heterocycles. The van der Waals surface area contributed by atoms with E-state index in [0.717, 1.165) is 12.3 Å². The number of amides is 2. The third-order valence-corrected chi connectivity index (χ3v) is 2.27. The number of hydrogen-bond donors (Lipinski definition) is 2. The van der Waals surface area contributed by atoms with Crippen LogP contribution >= 0.6 is 0 Å². The smallest absolute Gasteiger partial charge is 0.321 e. The van der Waals surface area contributed by atoms with Gasteiger partial charge in [-0.05, 0) is 0 Å². The molecule has 1 rings (SSSR count). The minimum atomic E-state index is -0.984. The first kappa shape index (κ1) is 13.9. The maximum atomic E-state index is 12.8. The van der Waals surface area contributed by atoms with E-state index in [9.17, 15) is 14.0 Å². The molecule has 1 aromatic rings. The number of carboxylic acids is 1. The number of carboxylic acid groups (broad SMARTS) is 1. The van der Waals surface area contributed by atoms with Crippen LogP contribution < -0.4 is 5.32 Å². The Morgan fingerprint density at radius 1 is 1.56 bits per heavy atom.